The molecule has 0 radical (unpaired) electrons. The normalized spacial score (nSPS) is 39.2. The fraction of sp³-hybridized carbons (Fsp3) is 1.00. The minimum atomic E-state index is -1.35. The van der Waals surface area contributed by atoms with Crippen LogP contribution in [0.5, 0.6) is 0 Å². The van der Waals surface area contributed by atoms with Crippen molar-refractivity contribution in [3.63, 3.8) is 0 Å². The van der Waals surface area contributed by atoms with Crippen LogP contribution in [0.3, 0.4) is 0 Å². The van der Waals surface area contributed by atoms with Crippen LogP contribution in [0, 0.1) is 0 Å². The van der Waals surface area contributed by atoms with Crippen LogP contribution >= 0.6 is 34.8 Å². The van der Waals surface area contributed by atoms with Gasteiger partial charge in [-0.15, -0.1) is 0 Å². The predicted octanol–water partition coefficient (Wildman–Crippen LogP) is -1.27. The number of aliphatic hydroxyl groups excluding tert-OH is 4. The number of nitrogens with two attached hydrogens (primary N) is 1. The summed E-state index contributed by atoms with van der Waals surface area (Å²) in [7, 11) is 0. The minimum Gasteiger partial charge on any atom is -0.394 e. The summed E-state index contributed by atoms with van der Waals surface area (Å²) in [4.78, 5) is 0. The molecule has 0 amide bonds. The maximum Gasteiger partial charge on any atom is 0.180 e. The van der Waals surface area contributed by atoms with Gasteiger partial charge in [0.25, 0.3) is 0 Å². The molecule has 1 fully saturated rings. The first-order valence-electron chi connectivity index (χ1n) is 4.29. The lowest BCUT2D eigenvalue weighted by molar-refractivity contribution is -0.248. The van der Waals surface area contributed by atoms with Crippen molar-refractivity contribution >= 4 is 34.8 Å². The zero-order valence-electron chi connectivity index (χ0n) is 8.08. The van der Waals surface area contributed by atoms with E-state index in [-0.39, 0.29) is 0 Å². The summed E-state index contributed by atoms with van der Waals surface area (Å²) >= 11 is 14.4. The summed E-state index contributed by atoms with van der Waals surface area (Å²) in [6.45, 7) is -0.470. The first-order valence-corrected chi connectivity index (χ1v) is 5.60. The third-order valence-corrected chi connectivity index (χ3v) is 1.95. The Morgan fingerprint density at radius 2 is 1.56 bits per heavy atom. The zero-order chi connectivity index (χ0) is 12.9. The minimum absolute atomic E-state index is 0.470. The van der Waals surface area contributed by atoms with Gasteiger partial charge in [-0.3, -0.25) is 0 Å². The summed E-state index contributed by atoms with van der Waals surface area (Å²) in [6, 6.07) is -1.04. The molecule has 16 heavy (non-hydrogen) atoms. The summed E-state index contributed by atoms with van der Waals surface area (Å²) in [6.07, 6.45) is -4.85. The number of hydrogen-bond acceptors (Lipinski definition) is 6. The third-order valence-electron chi connectivity index (χ3n) is 1.95. The molecule has 5 atom stereocenters. The lowest BCUT2D eigenvalue weighted by atomic mass is 9.98. The van der Waals surface area contributed by atoms with Gasteiger partial charge >= 0.3 is 0 Å². The molecule has 1 heterocycles. The van der Waals surface area contributed by atoms with Gasteiger partial charge in [-0.1, -0.05) is 34.8 Å². The Kier molecular flexibility index (Phi) is 8.17. The predicted molar refractivity (Wildman–Crippen MR) is 59.3 cm³/mol. The van der Waals surface area contributed by atoms with Crippen LogP contribution in [-0.4, -0.2) is 62.0 Å². The lowest BCUT2D eigenvalue weighted by Gasteiger charge is -2.38. The van der Waals surface area contributed by atoms with Gasteiger partial charge in [0.1, 0.15) is 18.3 Å². The molecule has 0 aliphatic carbocycles. The average molecular weight is 299 g/mol. The second-order valence-corrected chi connectivity index (χ2v) is 5.03. The van der Waals surface area contributed by atoms with E-state index in [2.05, 4.69) is 0 Å². The Balaban J connectivity index is 0.000000487. The Bertz CT molecular complexity index is 191. The van der Waals surface area contributed by atoms with Gasteiger partial charge in [0.2, 0.25) is 0 Å². The van der Waals surface area contributed by atoms with Crippen molar-refractivity contribution in [1.29, 1.82) is 0 Å². The first kappa shape index (κ1) is 16.6. The molecular formula is C7H14Cl3NO5. The summed E-state index contributed by atoms with van der Waals surface area (Å²) in [5, 5.41) is 36.1. The van der Waals surface area contributed by atoms with Crippen molar-refractivity contribution in [2.24, 2.45) is 5.73 Å². The maximum absolute atomic E-state index is 9.20. The molecule has 0 spiro atoms. The number of hydrogen-bond donors (Lipinski definition) is 5. The third kappa shape index (κ3) is 5.31. The Morgan fingerprint density at radius 3 is 1.94 bits per heavy atom. The molecule has 0 aromatic heterocycles. The van der Waals surface area contributed by atoms with Gasteiger partial charge in [-0.05, 0) is 0 Å². The Hall–Kier alpha value is 0.630. The highest BCUT2D eigenvalue weighted by Crippen LogP contribution is 2.17. The maximum atomic E-state index is 9.20. The van der Waals surface area contributed by atoms with E-state index in [9.17, 15) is 10.2 Å². The van der Waals surface area contributed by atoms with Gasteiger partial charge in [0, 0.05) is 0 Å². The SMILES string of the molecule is ClC(Cl)Cl.N[C@H]1C(O)O[C@H](CO)[C@@H](O)[C@@H]1O. The molecule has 1 aliphatic heterocycles. The molecule has 6 nitrogen and oxygen atoms in total. The van der Waals surface area contributed by atoms with E-state index in [4.69, 9.17) is 55.5 Å². The molecule has 9 heteroatoms. The standard InChI is InChI=1S/C6H13NO5.CHCl3/c7-3-5(10)4(9)2(1-8)12-6(3)11;2-1(3)4/h2-6,8-11H,1,7H2;1H/t2-,3-,4-,5-,6?;/m1./s1. The fourth-order valence-electron chi connectivity index (χ4n) is 1.12. The number of aliphatic hydroxyl groups is 4. The van der Waals surface area contributed by atoms with Gasteiger partial charge in [-0.25, -0.2) is 0 Å². The molecule has 98 valence electrons. The van der Waals surface area contributed by atoms with E-state index >= 15 is 0 Å². The zero-order valence-corrected chi connectivity index (χ0v) is 10.3. The molecular weight excluding hydrogens is 284 g/mol. The van der Waals surface area contributed by atoms with Gasteiger partial charge in [0.15, 0.2) is 10.6 Å². The van der Waals surface area contributed by atoms with E-state index in [1.807, 2.05) is 0 Å². The molecule has 0 bridgehead atoms. The summed E-state index contributed by atoms with van der Waals surface area (Å²) in [5.41, 5.74) is 5.26. The van der Waals surface area contributed by atoms with E-state index in [1.54, 1.807) is 0 Å². The molecule has 1 unspecified atom stereocenters. The van der Waals surface area contributed by atoms with Crippen molar-refractivity contribution in [2.45, 2.75) is 34.9 Å². The van der Waals surface area contributed by atoms with Crippen LogP contribution < -0.4 is 5.73 Å². The molecule has 6 N–H and O–H groups in total. The van der Waals surface area contributed by atoms with Crippen molar-refractivity contribution in [2.75, 3.05) is 6.61 Å². The molecule has 1 saturated heterocycles. The molecule has 0 aromatic rings. The monoisotopic (exact) mass is 297 g/mol. The first-order chi connectivity index (χ1) is 7.31. The second kappa shape index (κ2) is 7.86. The van der Waals surface area contributed by atoms with Gasteiger partial charge in [0.05, 0.1) is 12.6 Å². The van der Waals surface area contributed by atoms with Crippen molar-refractivity contribution in [1.82, 2.24) is 0 Å². The molecule has 1 aliphatic rings. The van der Waals surface area contributed by atoms with Gasteiger partial charge in [-0.2, -0.15) is 0 Å². The highest BCUT2D eigenvalue weighted by Gasteiger charge is 2.41. The molecule has 0 aromatic carbocycles. The second-order valence-electron chi connectivity index (χ2n) is 3.05. The van der Waals surface area contributed by atoms with Crippen molar-refractivity contribution < 1.29 is 25.2 Å². The largest absolute Gasteiger partial charge is 0.394 e. The van der Waals surface area contributed by atoms with E-state index in [0.717, 1.165) is 0 Å². The summed E-state index contributed by atoms with van der Waals surface area (Å²) < 4.78 is 3.95. The van der Waals surface area contributed by atoms with Crippen molar-refractivity contribution in [3.8, 4) is 0 Å². The quantitative estimate of drug-likeness (QED) is 0.386. The van der Waals surface area contributed by atoms with Crippen LogP contribution in [0.4, 0.5) is 0 Å². The number of halogens is 3. The van der Waals surface area contributed by atoms with Crippen LogP contribution in [0.15, 0.2) is 0 Å². The Morgan fingerprint density at radius 1 is 1.12 bits per heavy atom. The highest BCUT2D eigenvalue weighted by molar-refractivity contribution is 6.63. The molecule has 1 rings (SSSR count). The smallest absolute Gasteiger partial charge is 0.180 e. The van der Waals surface area contributed by atoms with Crippen LogP contribution in [0.25, 0.3) is 0 Å². The van der Waals surface area contributed by atoms with Gasteiger partial charge < -0.3 is 30.9 Å². The van der Waals surface area contributed by atoms with E-state index < -0.39 is 41.5 Å². The van der Waals surface area contributed by atoms with Crippen LogP contribution in [-0.2, 0) is 4.74 Å². The number of rotatable bonds is 1. The lowest BCUT2D eigenvalue weighted by Crippen LogP contribution is -2.61. The topological polar surface area (TPSA) is 116 Å². The number of ether oxygens (including phenoxy) is 1. The average Bonchev–Trinajstić information content (AvgIpc) is 2.19. The van der Waals surface area contributed by atoms with E-state index in [0.29, 0.717) is 0 Å². The van der Waals surface area contributed by atoms with Crippen LogP contribution in [0.2, 0.25) is 0 Å². The fourth-order valence-corrected chi connectivity index (χ4v) is 1.12. The highest BCUT2D eigenvalue weighted by atomic mass is 35.6. The van der Waals surface area contributed by atoms with Crippen molar-refractivity contribution in [3.05, 3.63) is 0 Å². The van der Waals surface area contributed by atoms with Crippen LogP contribution in [0.1, 0.15) is 0 Å². The number of alkyl halides is 3. The molecule has 0 saturated carbocycles. The Labute approximate surface area is 107 Å². The summed E-state index contributed by atoms with van der Waals surface area (Å²) in [5.74, 6) is 0. The van der Waals surface area contributed by atoms with E-state index in [1.165, 1.54) is 0 Å².